The largest absolute Gasteiger partial charge is 0.481 e. The molecule has 0 aromatic rings. The van der Waals surface area contributed by atoms with Crippen LogP contribution in [0.2, 0.25) is 0 Å². The molecule has 0 spiro atoms. The van der Waals surface area contributed by atoms with Crippen LogP contribution in [-0.2, 0) is 9.59 Å². The Bertz CT molecular complexity index is 321. The van der Waals surface area contributed by atoms with Gasteiger partial charge >= 0.3 is 5.97 Å². The van der Waals surface area contributed by atoms with Gasteiger partial charge in [0.1, 0.15) is 0 Å². The predicted octanol–water partition coefficient (Wildman–Crippen LogP) is 1.54. The number of aliphatic carboxylic acids is 1. The summed E-state index contributed by atoms with van der Waals surface area (Å²) in [5, 5.41) is 21.3. The van der Waals surface area contributed by atoms with Crippen LogP contribution in [0.5, 0.6) is 0 Å². The minimum absolute atomic E-state index is 0.0627. The first-order valence-corrected chi connectivity index (χ1v) is 7.01. The predicted molar refractivity (Wildman–Crippen MR) is 71.6 cm³/mol. The lowest BCUT2D eigenvalue weighted by atomic mass is 9.79. The molecule has 1 aliphatic rings. The molecule has 5 nitrogen and oxygen atoms in total. The van der Waals surface area contributed by atoms with E-state index in [1.165, 1.54) is 0 Å². The van der Waals surface area contributed by atoms with Crippen molar-refractivity contribution in [2.75, 3.05) is 6.54 Å². The van der Waals surface area contributed by atoms with Gasteiger partial charge in [-0.05, 0) is 24.2 Å². The highest BCUT2D eigenvalue weighted by Gasteiger charge is 2.37. The second-order valence-corrected chi connectivity index (χ2v) is 6.07. The van der Waals surface area contributed by atoms with Gasteiger partial charge < -0.3 is 15.5 Å². The first-order chi connectivity index (χ1) is 8.84. The Morgan fingerprint density at radius 1 is 1.21 bits per heavy atom. The number of carboxylic acids is 1. The van der Waals surface area contributed by atoms with Crippen LogP contribution in [0, 0.1) is 11.3 Å². The van der Waals surface area contributed by atoms with Gasteiger partial charge in [0.25, 0.3) is 0 Å². The third-order valence-corrected chi connectivity index (χ3v) is 4.00. The molecule has 1 unspecified atom stereocenters. The third-order valence-electron chi connectivity index (χ3n) is 4.00. The third kappa shape index (κ3) is 5.19. The van der Waals surface area contributed by atoms with E-state index in [2.05, 4.69) is 5.32 Å². The number of hydrogen-bond donors (Lipinski definition) is 3. The molecule has 19 heavy (non-hydrogen) atoms. The van der Waals surface area contributed by atoms with Gasteiger partial charge in [-0.15, -0.1) is 0 Å². The summed E-state index contributed by atoms with van der Waals surface area (Å²) in [5.74, 6) is -0.889. The lowest BCUT2D eigenvalue weighted by molar-refractivity contribution is -0.140. The van der Waals surface area contributed by atoms with Crippen LogP contribution in [0.3, 0.4) is 0 Å². The number of hydrogen-bond acceptors (Lipinski definition) is 3. The second-order valence-electron chi connectivity index (χ2n) is 6.07. The van der Waals surface area contributed by atoms with Gasteiger partial charge in [0.05, 0.1) is 12.5 Å². The summed E-state index contributed by atoms with van der Waals surface area (Å²) < 4.78 is 0. The lowest BCUT2D eigenvalue weighted by Crippen LogP contribution is -2.37. The van der Waals surface area contributed by atoms with Crippen molar-refractivity contribution in [2.45, 2.75) is 58.5 Å². The topological polar surface area (TPSA) is 86.6 Å². The highest BCUT2D eigenvalue weighted by Crippen LogP contribution is 2.43. The Morgan fingerprint density at radius 2 is 1.79 bits per heavy atom. The van der Waals surface area contributed by atoms with E-state index in [1.54, 1.807) is 0 Å². The summed E-state index contributed by atoms with van der Waals surface area (Å²) in [4.78, 5) is 22.8. The smallest absolute Gasteiger partial charge is 0.303 e. The van der Waals surface area contributed by atoms with Crippen LogP contribution >= 0.6 is 0 Å². The first kappa shape index (κ1) is 16.0. The maximum Gasteiger partial charge on any atom is 0.303 e. The van der Waals surface area contributed by atoms with E-state index in [0.29, 0.717) is 0 Å². The van der Waals surface area contributed by atoms with Crippen molar-refractivity contribution in [3.8, 4) is 0 Å². The van der Waals surface area contributed by atoms with E-state index in [-0.39, 0.29) is 36.6 Å². The summed E-state index contributed by atoms with van der Waals surface area (Å²) in [6.07, 6.45) is 3.36. The highest BCUT2D eigenvalue weighted by atomic mass is 16.4. The molecule has 0 aliphatic heterocycles. The molecule has 1 aliphatic carbocycles. The van der Waals surface area contributed by atoms with Crippen LogP contribution in [0.25, 0.3) is 0 Å². The average molecular weight is 271 g/mol. The fourth-order valence-corrected chi connectivity index (χ4v) is 2.72. The zero-order valence-electron chi connectivity index (χ0n) is 11.8. The van der Waals surface area contributed by atoms with Crippen LogP contribution in [0.1, 0.15) is 52.4 Å². The fraction of sp³-hybridized carbons (Fsp3) is 0.857. The molecule has 5 heteroatoms. The number of nitrogens with one attached hydrogen (secondary N) is 1. The molecular formula is C14H25NO4. The Labute approximate surface area is 114 Å². The van der Waals surface area contributed by atoms with Crippen LogP contribution in [0.4, 0.5) is 0 Å². The molecule has 0 heterocycles. The summed E-state index contributed by atoms with van der Waals surface area (Å²) in [6.45, 7) is 4.01. The molecule has 1 saturated carbocycles. The van der Waals surface area contributed by atoms with Crippen LogP contribution in [0.15, 0.2) is 0 Å². The molecule has 0 aromatic carbocycles. The summed E-state index contributed by atoms with van der Waals surface area (Å²) >= 11 is 0. The summed E-state index contributed by atoms with van der Waals surface area (Å²) in [5.41, 5.74) is -0.376. The number of aliphatic hydroxyl groups excluding tert-OH is 1. The van der Waals surface area contributed by atoms with Gasteiger partial charge in [0.15, 0.2) is 0 Å². The van der Waals surface area contributed by atoms with E-state index in [9.17, 15) is 14.7 Å². The molecule has 1 amide bonds. The second kappa shape index (κ2) is 6.89. The van der Waals surface area contributed by atoms with E-state index in [4.69, 9.17) is 5.11 Å². The molecule has 0 bridgehead atoms. The van der Waals surface area contributed by atoms with Crippen molar-refractivity contribution in [3.63, 3.8) is 0 Å². The maximum absolute atomic E-state index is 11.9. The number of carbonyl (C=O) groups is 2. The number of rotatable bonds is 7. The lowest BCUT2D eigenvalue weighted by Gasteiger charge is -2.26. The van der Waals surface area contributed by atoms with E-state index in [0.717, 1.165) is 25.7 Å². The molecule has 3 N–H and O–H groups in total. The Kier molecular flexibility index (Phi) is 5.79. The zero-order chi connectivity index (χ0) is 14.5. The molecule has 0 radical (unpaired) electrons. The molecular weight excluding hydrogens is 246 g/mol. The summed E-state index contributed by atoms with van der Waals surface area (Å²) in [7, 11) is 0. The number of carboxylic acid groups (broad SMARTS) is 1. The van der Waals surface area contributed by atoms with Gasteiger partial charge in [-0.1, -0.05) is 26.7 Å². The van der Waals surface area contributed by atoms with Gasteiger partial charge in [0, 0.05) is 13.0 Å². The zero-order valence-corrected chi connectivity index (χ0v) is 11.8. The quantitative estimate of drug-likeness (QED) is 0.655. The van der Waals surface area contributed by atoms with Crippen LogP contribution < -0.4 is 5.32 Å². The molecule has 0 aromatic heterocycles. The van der Waals surface area contributed by atoms with E-state index < -0.39 is 12.1 Å². The SMILES string of the molecule is CC(C)C(O)CNC(=O)CC1(CC(=O)O)CCCC1. The van der Waals surface area contributed by atoms with Crippen molar-refractivity contribution in [2.24, 2.45) is 11.3 Å². The Balaban J connectivity index is 2.46. The van der Waals surface area contributed by atoms with Gasteiger partial charge in [-0.3, -0.25) is 9.59 Å². The highest BCUT2D eigenvalue weighted by molar-refractivity contribution is 5.78. The van der Waals surface area contributed by atoms with E-state index >= 15 is 0 Å². The number of aliphatic hydroxyl groups is 1. The van der Waals surface area contributed by atoms with Gasteiger partial charge in [-0.25, -0.2) is 0 Å². The van der Waals surface area contributed by atoms with Crippen molar-refractivity contribution < 1.29 is 19.8 Å². The van der Waals surface area contributed by atoms with Gasteiger partial charge in [-0.2, -0.15) is 0 Å². The molecule has 1 rings (SSSR count). The van der Waals surface area contributed by atoms with Crippen LogP contribution in [-0.4, -0.2) is 34.7 Å². The van der Waals surface area contributed by atoms with Gasteiger partial charge in [0.2, 0.25) is 5.91 Å². The molecule has 1 fully saturated rings. The van der Waals surface area contributed by atoms with E-state index in [1.807, 2.05) is 13.8 Å². The number of amides is 1. The average Bonchev–Trinajstić information content (AvgIpc) is 2.72. The fourth-order valence-electron chi connectivity index (χ4n) is 2.72. The van der Waals surface area contributed by atoms with Crippen molar-refractivity contribution in [3.05, 3.63) is 0 Å². The van der Waals surface area contributed by atoms with Crippen molar-refractivity contribution >= 4 is 11.9 Å². The minimum Gasteiger partial charge on any atom is -0.481 e. The normalized spacial score (nSPS) is 19.4. The standard InChI is InChI=1S/C14H25NO4/c1-10(2)11(16)9-15-12(17)7-14(8-13(18)19)5-3-4-6-14/h10-11,16H,3-9H2,1-2H3,(H,15,17)(H,18,19). The van der Waals surface area contributed by atoms with Crippen molar-refractivity contribution in [1.29, 1.82) is 0 Å². The maximum atomic E-state index is 11.9. The Morgan fingerprint density at radius 3 is 2.26 bits per heavy atom. The number of carbonyl (C=O) groups excluding carboxylic acids is 1. The van der Waals surface area contributed by atoms with Crippen molar-refractivity contribution in [1.82, 2.24) is 5.32 Å². The summed E-state index contributed by atoms with van der Waals surface area (Å²) in [6, 6.07) is 0. The Hall–Kier alpha value is -1.10. The first-order valence-electron chi connectivity index (χ1n) is 7.01. The molecule has 0 saturated heterocycles. The molecule has 1 atom stereocenters. The minimum atomic E-state index is -0.836. The monoisotopic (exact) mass is 271 g/mol. The molecule has 110 valence electrons.